The molecule has 6 heteroatoms. The standard InChI is InChI=1S/C15H21BrN2O2.ClH/c1-11(10-17)14(19)18-15(6-8-20-9-7-15)12-2-4-13(16)5-3-12;/h2-5,11H,6-10,17H2,1H3,(H,18,19);1H. The molecule has 1 aromatic rings. The first-order chi connectivity index (χ1) is 9.57. The van der Waals surface area contributed by atoms with Crippen LogP contribution in [0, 0.1) is 5.92 Å². The Morgan fingerprint density at radius 2 is 1.95 bits per heavy atom. The van der Waals surface area contributed by atoms with Crippen LogP contribution in [0.4, 0.5) is 0 Å². The Hall–Kier alpha value is -0.620. The lowest BCUT2D eigenvalue weighted by Crippen LogP contribution is -2.51. The fourth-order valence-electron chi connectivity index (χ4n) is 2.44. The van der Waals surface area contributed by atoms with Crippen molar-refractivity contribution in [2.24, 2.45) is 11.7 Å². The van der Waals surface area contributed by atoms with Gasteiger partial charge in [-0.15, -0.1) is 12.4 Å². The maximum Gasteiger partial charge on any atom is 0.224 e. The van der Waals surface area contributed by atoms with E-state index >= 15 is 0 Å². The van der Waals surface area contributed by atoms with E-state index in [-0.39, 0.29) is 29.8 Å². The highest BCUT2D eigenvalue weighted by molar-refractivity contribution is 9.10. The van der Waals surface area contributed by atoms with Crippen LogP contribution in [0.1, 0.15) is 25.3 Å². The number of nitrogens with one attached hydrogen (secondary N) is 1. The first-order valence-electron chi connectivity index (χ1n) is 6.93. The molecule has 1 saturated heterocycles. The molecule has 1 aromatic carbocycles. The summed E-state index contributed by atoms with van der Waals surface area (Å²) in [7, 11) is 0. The average Bonchev–Trinajstić information content (AvgIpc) is 2.47. The Morgan fingerprint density at radius 1 is 1.38 bits per heavy atom. The number of amides is 1. The molecule has 2 rings (SSSR count). The summed E-state index contributed by atoms with van der Waals surface area (Å²) >= 11 is 3.44. The number of hydrogen-bond acceptors (Lipinski definition) is 3. The van der Waals surface area contributed by atoms with Crippen molar-refractivity contribution >= 4 is 34.2 Å². The monoisotopic (exact) mass is 376 g/mol. The molecule has 1 fully saturated rings. The topological polar surface area (TPSA) is 64.4 Å². The maximum atomic E-state index is 12.2. The quantitative estimate of drug-likeness (QED) is 0.847. The maximum absolute atomic E-state index is 12.2. The minimum absolute atomic E-state index is 0. The summed E-state index contributed by atoms with van der Waals surface area (Å²) in [5, 5.41) is 3.20. The second-order valence-electron chi connectivity index (χ2n) is 5.33. The van der Waals surface area contributed by atoms with Crippen LogP contribution in [0.3, 0.4) is 0 Å². The molecule has 0 aromatic heterocycles. The zero-order valence-corrected chi connectivity index (χ0v) is 14.5. The van der Waals surface area contributed by atoms with Crippen molar-refractivity contribution in [3.05, 3.63) is 34.3 Å². The van der Waals surface area contributed by atoms with Crippen molar-refractivity contribution in [1.82, 2.24) is 5.32 Å². The lowest BCUT2D eigenvalue weighted by molar-refractivity contribution is -0.127. The van der Waals surface area contributed by atoms with Gasteiger partial charge >= 0.3 is 0 Å². The van der Waals surface area contributed by atoms with Crippen LogP contribution in [0.2, 0.25) is 0 Å². The summed E-state index contributed by atoms with van der Waals surface area (Å²) in [6.07, 6.45) is 1.58. The van der Waals surface area contributed by atoms with Gasteiger partial charge in [-0.2, -0.15) is 0 Å². The third-order valence-corrected chi connectivity index (χ3v) is 4.44. The van der Waals surface area contributed by atoms with Gasteiger partial charge in [-0.05, 0) is 30.5 Å². The van der Waals surface area contributed by atoms with E-state index in [9.17, 15) is 4.79 Å². The van der Waals surface area contributed by atoms with E-state index in [2.05, 4.69) is 33.4 Å². The van der Waals surface area contributed by atoms with Gasteiger partial charge in [-0.25, -0.2) is 0 Å². The molecule has 0 radical (unpaired) electrons. The van der Waals surface area contributed by atoms with Gasteiger partial charge in [-0.1, -0.05) is 35.0 Å². The molecule has 1 aliphatic rings. The Bertz CT molecular complexity index is 461. The van der Waals surface area contributed by atoms with Gasteiger partial charge in [-0.3, -0.25) is 4.79 Å². The summed E-state index contributed by atoms with van der Waals surface area (Å²) < 4.78 is 6.49. The molecule has 118 valence electrons. The molecule has 1 atom stereocenters. The van der Waals surface area contributed by atoms with Crippen LogP contribution in [-0.4, -0.2) is 25.7 Å². The molecule has 4 nitrogen and oxygen atoms in total. The molecule has 0 aliphatic carbocycles. The Balaban J connectivity index is 0.00000220. The SMILES string of the molecule is CC(CN)C(=O)NC1(c2ccc(Br)cc2)CCOCC1.Cl. The highest BCUT2D eigenvalue weighted by Gasteiger charge is 2.36. The number of carbonyl (C=O) groups excluding carboxylic acids is 1. The summed E-state index contributed by atoms with van der Waals surface area (Å²) in [6.45, 7) is 3.53. The Kier molecular flexibility index (Phi) is 7.13. The first kappa shape index (κ1) is 18.4. The molecule has 1 unspecified atom stereocenters. The Labute approximate surface area is 140 Å². The molecule has 1 heterocycles. The van der Waals surface area contributed by atoms with Gasteiger partial charge in [0, 0.05) is 30.1 Å². The number of benzene rings is 1. The smallest absolute Gasteiger partial charge is 0.224 e. The van der Waals surface area contributed by atoms with Crippen LogP contribution in [0.15, 0.2) is 28.7 Å². The van der Waals surface area contributed by atoms with Crippen LogP contribution >= 0.6 is 28.3 Å². The predicted octanol–water partition coefficient (Wildman–Crippen LogP) is 2.59. The second-order valence-corrected chi connectivity index (χ2v) is 6.24. The third-order valence-electron chi connectivity index (χ3n) is 3.91. The van der Waals surface area contributed by atoms with Gasteiger partial charge in [0.25, 0.3) is 0 Å². The van der Waals surface area contributed by atoms with Crippen molar-refractivity contribution in [1.29, 1.82) is 0 Å². The largest absolute Gasteiger partial charge is 0.381 e. The fraction of sp³-hybridized carbons (Fsp3) is 0.533. The highest BCUT2D eigenvalue weighted by atomic mass is 79.9. The summed E-state index contributed by atoms with van der Waals surface area (Å²) in [6, 6.07) is 8.13. The highest BCUT2D eigenvalue weighted by Crippen LogP contribution is 2.33. The molecular weight excluding hydrogens is 356 g/mol. The van der Waals surface area contributed by atoms with Crippen LogP contribution in [-0.2, 0) is 15.1 Å². The van der Waals surface area contributed by atoms with E-state index in [0.29, 0.717) is 19.8 Å². The molecule has 1 aliphatic heterocycles. The van der Waals surface area contributed by atoms with E-state index in [1.807, 2.05) is 19.1 Å². The van der Waals surface area contributed by atoms with Crippen LogP contribution in [0.25, 0.3) is 0 Å². The van der Waals surface area contributed by atoms with E-state index in [4.69, 9.17) is 10.5 Å². The summed E-state index contributed by atoms with van der Waals surface area (Å²) in [4.78, 5) is 12.2. The van der Waals surface area contributed by atoms with E-state index in [0.717, 1.165) is 22.9 Å². The van der Waals surface area contributed by atoms with Crippen molar-refractivity contribution < 1.29 is 9.53 Å². The molecule has 1 amide bonds. The van der Waals surface area contributed by atoms with Crippen molar-refractivity contribution in [3.63, 3.8) is 0 Å². The molecule has 21 heavy (non-hydrogen) atoms. The number of rotatable bonds is 4. The fourth-order valence-corrected chi connectivity index (χ4v) is 2.71. The second kappa shape index (κ2) is 8.13. The summed E-state index contributed by atoms with van der Waals surface area (Å²) in [5.41, 5.74) is 6.38. The van der Waals surface area contributed by atoms with Crippen molar-refractivity contribution in [3.8, 4) is 0 Å². The van der Waals surface area contributed by atoms with Crippen LogP contribution in [0.5, 0.6) is 0 Å². The number of hydrogen-bond donors (Lipinski definition) is 2. The number of nitrogens with two attached hydrogens (primary N) is 1. The molecule has 0 spiro atoms. The first-order valence-corrected chi connectivity index (χ1v) is 7.72. The lowest BCUT2D eigenvalue weighted by atomic mass is 9.82. The molecule has 0 saturated carbocycles. The normalized spacial score (nSPS) is 18.4. The number of halogens is 2. The number of carbonyl (C=O) groups is 1. The van der Waals surface area contributed by atoms with Gasteiger partial charge in [0.1, 0.15) is 0 Å². The van der Waals surface area contributed by atoms with E-state index < -0.39 is 0 Å². The zero-order chi connectivity index (χ0) is 14.6. The third kappa shape index (κ3) is 4.42. The van der Waals surface area contributed by atoms with Gasteiger partial charge in [0.15, 0.2) is 0 Å². The van der Waals surface area contributed by atoms with Crippen molar-refractivity contribution in [2.45, 2.75) is 25.3 Å². The van der Waals surface area contributed by atoms with Gasteiger partial charge < -0.3 is 15.8 Å². The summed E-state index contributed by atoms with van der Waals surface area (Å²) in [5.74, 6) is -0.164. The molecule has 0 bridgehead atoms. The average molecular weight is 378 g/mol. The molecular formula is C15H22BrClN2O2. The van der Waals surface area contributed by atoms with E-state index in [1.165, 1.54) is 0 Å². The Morgan fingerprint density at radius 3 is 2.48 bits per heavy atom. The van der Waals surface area contributed by atoms with E-state index in [1.54, 1.807) is 0 Å². The predicted molar refractivity (Wildman–Crippen MR) is 89.5 cm³/mol. The minimum Gasteiger partial charge on any atom is -0.381 e. The number of ether oxygens (including phenoxy) is 1. The van der Waals surface area contributed by atoms with Gasteiger partial charge in [0.05, 0.1) is 5.54 Å². The lowest BCUT2D eigenvalue weighted by Gasteiger charge is -2.39. The van der Waals surface area contributed by atoms with Gasteiger partial charge in [0.2, 0.25) is 5.91 Å². The van der Waals surface area contributed by atoms with Crippen molar-refractivity contribution in [2.75, 3.05) is 19.8 Å². The van der Waals surface area contributed by atoms with Crippen LogP contribution < -0.4 is 11.1 Å². The molecule has 3 N–H and O–H groups in total. The zero-order valence-electron chi connectivity index (χ0n) is 12.1. The minimum atomic E-state index is -0.334.